The van der Waals surface area contributed by atoms with Crippen LogP contribution in [0.4, 0.5) is 54.0 Å². The highest BCUT2D eigenvalue weighted by Crippen LogP contribution is 2.69. The number of rotatable bonds is 2. The summed E-state index contributed by atoms with van der Waals surface area (Å²) in [6, 6.07) is 2.86. The minimum Gasteiger partial charge on any atom is -0.322 e. The first-order chi connectivity index (χ1) is 12.3. The molecule has 0 bridgehead atoms. The van der Waals surface area contributed by atoms with Gasteiger partial charge in [0.05, 0.1) is 5.69 Å². The lowest BCUT2D eigenvalue weighted by atomic mass is 9.71. The average molecular weight is 559 g/mol. The van der Waals surface area contributed by atoms with E-state index in [4.69, 9.17) is 0 Å². The van der Waals surface area contributed by atoms with Gasteiger partial charge in [0, 0.05) is 8.95 Å². The van der Waals surface area contributed by atoms with Crippen LogP contribution < -0.4 is 5.32 Å². The van der Waals surface area contributed by atoms with Gasteiger partial charge in [-0.05, 0) is 34.1 Å². The lowest BCUT2D eigenvalue weighted by Crippen LogP contribution is -2.86. The van der Waals surface area contributed by atoms with Crippen LogP contribution >= 0.6 is 31.9 Å². The molecule has 1 saturated carbocycles. The number of amides is 1. The summed E-state index contributed by atoms with van der Waals surface area (Å²) in [5.74, 6) is -39.9. The minimum atomic E-state index is -7.37. The van der Waals surface area contributed by atoms with E-state index in [1.165, 1.54) is 0 Å². The lowest BCUT2D eigenvalue weighted by molar-refractivity contribution is -0.475. The molecular weight excluding hydrogens is 555 g/mol. The summed E-state index contributed by atoms with van der Waals surface area (Å²) in [6.45, 7) is 0. The molecule has 0 saturated heterocycles. The Kier molecular flexibility index (Phi) is 5.12. The van der Waals surface area contributed by atoms with Crippen molar-refractivity contribution in [2.75, 3.05) is 5.32 Å². The van der Waals surface area contributed by atoms with E-state index < -0.39 is 46.9 Å². The molecule has 28 heavy (non-hydrogen) atoms. The van der Waals surface area contributed by atoms with Crippen LogP contribution in [0, 0.1) is 0 Å². The zero-order valence-electron chi connectivity index (χ0n) is 12.6. The lowest BCUT2D eigenvalue weighted by Gasteiger charge is -2.51. The number of nitrogens with one attached hydrogen (secondary N) is 1. The summed E-state index contributed by atoms with van der Waals surface area (Å²) in [4.78, 5) is 11.8. The quantitative estimate of drug-likeness (QED) is 0.440. The third kappa shape index (κ3) is 2.46. The fraction of sp³-hybridized carbons (Fsp3) is 0.462. The van der Waals surface area contributed by atoms with Gasteiger partial charge in [-0.1, -0.05) is 15.9 Å². The number of hydrogen-bond donors (Lipinski definition) is 1. The summed E-state index contributed by atoms with van der Waals surface area (Å²) in [6.07, 6.45) is 0. The van der Waals surface area contributed by atoms with Crippen molar-refractivity contribution >= 4 is 43.5 Å². The highest BCUT2D eigenvalue weighted by Gasteiger charge is 3.02. The first-order valence-corrected chi connectivity index (χ1v) is 8.23. The van der Waals surface area contributed by atoms with Crippen molar-refractivity contribution in [3.8, 4) is 0 Å². The Bertz CT molecular complexity index is 797. The summed E-state index contributed by atoms with van der Waals surface area (Å²) in [5, 5.41) is 1.01. The van der Waals surface area contributed by atoms with Crippen LogP contribution in [-0.2, 0) is 4.79 Å². The van der Waals surface area contributed by atoms with E-state index in [1.54, 1.807) is 0 Å². The van der Waals surface area contributed by atoms with Crippen LogP contribution in [0.5, 0.6) is 0 Å². The van der Waals surface area contributed by atoms with Crippen molar-refractivity contribution in [3.05, 3.63) is 27.1 Å². The third-order valence-electron chi connectivity index (χ3n) is 3.93. The Morgan fingerprint density at radius 2 is 1.11 bits per heavy atom. The molecule has 1 aromatic carbocycles. The topological polar surface area (TPSA) is 29.1 Å². The van der Waals surface area contributed by atoms with Gasteiger partial charge >= 0.3 is 35.3 Å². The van der Waals surface area contributed by atoms with Crippen molar-refractivity contribution < 1.29 is 53.1 Å². The molecule has 158 valence electrons. The molecule has 0 spiro atoms. The second-order valence-corrected chi connectivity index (χ2v) is 7.38. The highest BCUT2D eigenvalue weighted by molar-refractivity contribution is 9.11. The zero-order chi connectivity index (χ0) is 22.1. The van der Waals surface area contributed by atoms with Crippen molar-refractivity contribution in [2.45, 2.75) is 35.3 Å². The molecule has 0 atom stereocenters. The van der Waals surface area contributed by atoms with Crippen molar-refractivity contribution in [1.29, 1.82) is 0 Å². The van der Waals surface area contributed by atoms with Gasteiger partial charge in [-0.15, -0.1) is 0 Å². The fourth-order valence-corrected chi connectivity index (χ4v) is 3.45. The van der Waals surface area contributed by atoms with E-state index in [2.05, 4.69) is 31.9 Å². The summed E-state index contributed by atoms with van der Waals surface area (Å²) in [5.41, 5.74) is -7.51. The molecule has 2 rings (SSSR count). The van der Waals surface area contributed by atoms with E-state index >= 15 is 0 Å². The van der Waals surface area contributed by atoms with Gasteiger partial charge in [0.25, 0.3) is 5.91 Å². The Labute approximate surface area is 164 Å². The first kappa shape index (κ1) is 23.2. The predicted octanol–water partition coefficient (Wildman–Crippen LogP) is 6.05. The third-order valence-corrected chi connectivity index (χ3v) is 5.08. The smallest absolute Gasteiger partial charge is 0.322 e. The van der Waals surface area contributed by atoms with Gasteiger partial charge in [-0.2, -0.15) is 43.9 Å². The Hall–Kier alpha value is -1.12. The first-order valence-electron chi connectivity index (χ1n) is 6.65. The molecule has 0 aromatic heterocycles. The van der Waals surface area contributed by atoms with Gasteiger partial charge < -0.3 is 5.32 Å². The van der Waals surface area contributed by atoms with Gasteiger partial charge in [0.2, 0.25) is 0 Å². The molecule has 1 fully saturated rings. The molecular formula is C13H4Br2F11NO. The van der Waals surface area contributed by atoms with E-state index in [1.807, 2.05) is 0 Å². The molecule has 0 radical (unpaired) electrons. The molecule has 1 aliphatic rings. The largest absolute Gasteiger partial charge is 0.384 e. The average Bonchev–Trinajstić information content (AvgIpc) is 2.54. The second-order valence-electron chi connectivity index (χ2n) is 5.61. The van der Waals surface area contributed by atoms with Crippen LogP contribution in [0.3, 0.4) is 0 Å². The normalized spacial score (nSPS) is 25.8. The molecule has 1 amide bonds. The van der Waals surface area contributed by atoms with Crippen molar-refractivity contribution in [2.24, 2.45) is 0 Å². The Morgan fingerprint density at radius 3 is 1.50 bits per heavy atom. The van der Waals surface area contributed by atoms with E-state index in [0.717, 1.165) is 23.5 Å². The molecule has 1 N–H and O–H groups in total. The number of carbonyl (C=O) groups is 1. The van der Waals surface area contributed by atoms with Gasteiger partial charge in [0.15, 0.2) is 0 Å². The second kappa shape index (κ2) is 6.19. The number of carbonyl (C=O) groups excluding carboxylic acids is 1. The minimum absolute atomic E-state index is 0.248. The monoisotopic (exact) mass is 557 g/mol. The molecule has 2 nitrogen and oxygen atoms in total. The SMILES string of the molecule is O=C(Nc1ccc(Br)cc1Br)C1(F)C(F)(F)C(F)(F)C(F)(F)C(F)(F)C1(F)F. The summed E-state index contributed by atoms with van der Waals surface area (Å²) < 4.78 is 149. The van der Waals surface area contributed by atoms with E-state index in [9.17, 15) is 53.1 Å². The molecule has 0 aliphatic heterocycles. The maximum Gasteiger partial charge on any atom is 0.384 e. The van der Waals surface area contributed by atoms with Gasteiger partial charge in [-0.3, -0.25) is 4.79 Å². The number of benzene rings is 1. The Balaban J connectivity index is 2.69. The summed E-state index contributed by atoms with van der Waals surface area (Å²) in [7, 11) is 0. The molecule has 15 heteroatoms. The molecule has 0 unspecified atom stereocenters. The van der Waals surface area contributed by atoms with Crippen LogP contribution in [0.25, 0.3) is 0 Å². The highest BCUT2D eigenvalue weighted by atomic mass is 79.9. The maximum absolute atomic E-state index is 14.5. The number of anilines is 1. The van der Waals surface area contributed by atoms with Gasteiger partial charge in [-0.25, -0.2) is 4.39 Å². The number of hydrogen-bond acceptors (Lipinski definition) is 1. The number of alkyl halides is 11. The van der Waals surface area contributed by atoms with Gasteiger partial charge in [0.1, 0.15) is 0 Å². The Morgan fingerprint density at radius 1 is 0.714 bits per heavy atom. The van der Waals surface area contributed by atoms with Crippen LogP contribution in [-0.4, -0.2) is 41.2 Å². The van der Waals surface area contributed by atoms with Crippen molar-refractivity contribution in [1.82, 2.24) is 0 Å². The molecule has 0 heterocycles. The van der Waals surface area contributed by atoms with Crippen LogP contribution in [0.15, 0.2) is 27.1 Å². The summed E-state index contributed by atoms with van der Waals surface area (Å²) >= 11 is 5.57. The predicted molar refractivity (Wildman–Crippen MR) is 79.0 cm³/mol. The van der Waals surface area contributed by atoms with Crippen molar-refractivity contribution in [3.63, 3.8) is 0 Å². The fourth-order valence-electron chi connectivity index (χ4n) is 2.31. The maximum atomic E-state index is 14.5. The van der Waals surface area contributed by atoms with Crippen LogP contribution in [0.1, 0.15) is 0 Å². The zero-order valence-corrected chi connectivity index (χ0v) is 15.7. The standard InChI is InChI=1S/C13H4Br2F11NO/c14-4-1-2-6(5(15)3-4)27-7(28)8(16)9(17,18)11(21,22)13(25,26)12(23,24)10(8,19)20/h1-3H,(H,27,28). The van der Waals surface area contributed by atoms with Crippen LogP contribution in [0.2, 0.25) is 0 Å². The van der Waals surface area contributed by atoms with E-state index in [0.29, 0.717) is 0 Å². The van der Waals surface area contributed by atoms with E-state index in [-0.39, 0.29) is 8.95 Å². The number of halogens is 13. The molecule has 1 aromatic rings. The molecule has 1 aliphatic carbocycles.